The molecule has 6 nitrogen and oxygen atoms in total. The fraction of sp³-hybridized carbons (Fsp3) is 0.130. The summed E-state index contributed by atoms with van der Waals surface area (Å²) in [7, 11) is 0. The first-order valence-electron chi connectivity index (χ1n) is 9.46. The maximum atomic E-state index is 12.6. The number of fused-ring (bicyclic) bond motifs is 1. The van der Waals surface area contributed by atoms with Gasteiger partial charge in [0.1, 0.15) is 17.2 Å². The highest BCUT2D eigenvalue weighted by atomic mass is 35.5. The molecule has 1 N–H and O–H groups in total. The van der Waals surface area contributed by atoms with Crippen LogP contribution in [0.4, 0.5) is 5.69 Å². The first kappa shape index (κ1) is 19.8. The molecular formula is C23H19ClN2O4. The van der Waals surface area contributed by atoms with Crippen LogP contribution in [0.15, 0.2) is 71.3 Å². The van der Waals surface area contributed by atoms with E-state index >= 15 is 0 Å². The highest BCUT2D eigenvalue weighted by molar-refractivity contribution is 6.31. The van der Waals surface area contributed by atoms with E-state index in [-0.39, 0.29) is 12.3 Å². The van der Waals surface area contributed by atoms with Gasteiger partial charge in [-0.05, 0) is 61.5 Å². The third-order valence-electron chi connectivity index (χ3n) is 4.36. The topological polar surface area (TPSA) is 73.6 Å². The van der Waals surface area contributed by atoms with Crippen molar-refractivity contribution in [2.45, 2.75) is 13.3 Å². The van der Waals surface area contributed by atoms with E-state index in [9.17, 15) is 4.79 Å². The molecule has 0 aliphatic heterocycles. The van der Waals surface area contributed by atoms with Gasteiger partial charge in [0.15, 0.2) is 11.3 Å². The lowest BCUT2D eigenvalue weighted by molar-refractivity contribution is -0.115. The number of ether oxygens (including phenoxy) is 2. The predicted octanol–water partition coefficient (Wildman–Crippen LogP) is 5.85. The van der Waals surface area contributed by atoms with E-state index in [0.717, 1.165) is 11.1 Å². The molecule has 0 aliphatic rings. The molecule has 4 rings (SSSR count). The second kappa shape index (κ2) is 8.88. The zero-order valence-electron chi connectivity index (χ0n) is 16.2. The molecular weight excluding hydrogens is 404 g/mol. The van der Waals surface area contributed by atoms with Crippen molar-refractivity contribution >= 4 is 34.2 Å². The number of nitrogens with one attached hydrogen (secondary N) is 1. The lowest BCUT2D eigenvalue weighted by Gasteiger charge is -2.13. The third-order valence-corrected chi connectivity index (χ3v) is 4.59. The minimum absolute atomic E-state index is 0.0615. The minimum Gasteiger partial charge on any atom is -0.494 e. The van der Waals surface area contributed by atoms with Crippen molar-refractivity contribution in [2.75, 3.05) is 11.9 Å². The zero-order valence-corrected chi connectivity index (χ0v) is 17.0. The maximum Gasteiger partial charge on any atom is 0.230 e. The van der Waals surface area contributed by atoms with Crippen LogP contribution in [-0.4, -0.2) is 17.7 Å². The summed E-state index contributed by atoms with van der Waals surface area (Å²) in [6.45, 7) is 2.52. The summed E-state index contributed by atoms with van der Waals surface area (Å²) in [6.07, 6.45) is 0.0615. The van der Waals surface area contributed by atoms with Crippen molar-refractivity contribution in [3.8, 4) is 17.2 Å². The number of hydrogen-bond acceptors (Lipinski definition) is 5. The molecule has 0 atom stereocenters. The largest absolute Gasteiger partial charge is 0.494 e. The van der Waals surface area contributed by atoms with Crippen LogP contribution >= 0.6 is 11.6 Å². The number of carbonyl (C=O) groups is 1. The smallest absolute Gasteiger partial charge is 0.230 e. The normalized spacial score (nSPS) is 10.7. The average molecular weight is 423 g/mol. The number of aromatic nitrogens is 1. The Morgan fingerprint density at radius 3 is 2.63 bits per heavy atom. The summed E-state index contributed by atoms with van der Waals surface area (Å²) in [4.78, 5) is 12.6. The van der Waals surface area contributed by atoms with E-state index in [4.69, 9.17) is 25.6 Å². The number of anilines is 1. The van der Waals surface area contributed by atoms with E-state index in [0.29, 0.717) is 40.1 Å². The lowest BCUT2D eigenvalue weighted by Crippen LogP contribution is -2.15. The molecule has 0 radical (unpaired) electrons. The van der Waals surface area contributed by atoms with Gasteiger partial charge in [-0.3, -0.25) is 4.79 Å². The SMILES string of the molecule is CCOc1ccc(Oc2ccc(Cl)cc2NC(=O)Cc2noc3ccccc23)cc1. The Kier molecular flexibility index (Phi) is 5.86. The van der Waals surface area contributed by atoms with E-state index in [1.807, 2.05) is 43.3 Å². The lowest BCUT2D eigenvalue weighted by atomic mass is 10.1. The molecule has 30 heavy (non-hydrogen) atoms. The van der Waals surface area contributed by atoms with Crippen molar-refractivity contribution < 1.29 is 18.8 Å². The number of halogens is 1. The maximum absolute atomic E-state index is 12.6. The number of benzene rings is 3. The molecule has 0 saturated heterocycles. The molecule has 0 bridgehead atoms. The summed E-state index contributed by atoms with van der Waals surface area (Å²) in [6, 6.07) is 19.7. The van der Waals surface area contributed by atoms with Gasteiger partial charge in [-0.25, -0.2) is 0 Å². The van der Waals surface area contributed by atoms with E-state index in [1.165, 1.54) is 0 Å². The molecule has 1 heterocycles. The van der Waals surface area contributed by atoms with Gasteiger partial charge in [0, 0.05) is 10.4 Å². The number of amides is 1. The quantitative estimate of drug-likeness (QED) is 0.404. The Bertz CT molecular complexity index is 1170. The standard InChI is InChI=1S/C23H19ClN2O4/c1-2-28-16-8-10-17(11-9-16)29-22-12-7-15(24)13-20(22)25-23(27)14-19-18-5-3-4-6-21(18)30-26-19/h3-13H,2,14H2,1H3,(H,25,27). The summed E-state index contributed by atoms with van der Waals surface area (Å²) in [5.41, 5.74) is 1.68. The Labute approximate surface area is 178 Å². The van der Waals surface area contributed by atoms with Gasteiger partial charge in [-0.2, -0.15) is 0 Å². The molecule has 0 spiro atoms. The van der Waals surface area contributed by atoms with Crippen molar-refractivity contribution in [1.29, 1.82) is 0 Å². The Morgan fingerprint density at radius 1 is 1.07 bits per heavy atom. The van der Waals surface area contributed by atoms with Gasteiger partial charge in [0.2, 0.25) is 5.91 Å². The predicted molar refractivity (Wildman–Crippen MR) is 115 cm³/mol. The van der Waals surface area contributed by atoms with Crippen LogP contribution in [0.5, 0.6) is 17.2 Å². The Morgan fingerprint density at radius 2 is 1.83 bits per heavy atom. The van der Waals surface area contributed by atoms with Crippen molar-refractivity contribution in [3.05, 3.63) is 77.4 Å². The fourth-order valence-electron chi connectivity index (χ4n) is 3.00. The van der Waals surface area contributed by atoms with Gasteiger partial charge in [0.25, 0.3) is 0 Å². The van der Waals surface area contributed by atoms with Crippen LogP contribution in [0.1, 0.15) is 12.6 Å². The number of para-hydroxylation sites is 1. The van der Waals surface area contributed by atoms with Gasteiger partial charge in [-0.15, -0.1) is 0 Å². The Balaban J connectivity index is 1.50. The highest BCUT2D eigenvalue weighted by Crippen LogP contribution is 2.33. The van der Waals surface area contributed by atoms with Crippen molar-refractivity contribution in [2.24, 2.45) is 0 Å². The third kappa shape index (κ3) is 4.55. The molecule has 4 aromatic rings. The molecule has 0 fully saturated rings. The molecule has 0 aliphatic carbocycles. The first-order valence-corrected chi connectivity index (χ1v) is 9.83. The first-order chi connectivity index (χ1) is 14.6. The van der Waals surface area contributed by atoms with Crippen LogP contribution < -0.4 is 14.8 Å². The average Bonchev–Trinajstić information content (AvgIpc) is 3.14. The molecule has 1 aromatic heterocycles. The van der Waals surface area contributed by atoms with Crippen LogP contribution in [0.25, 0.3) is 11.0 Å². The summed E-state index contributed by atoms with van der Waals surface area (Å²) in [5.74, 6) is 1.59. The van der Waals surface area contributed by atoms with Gasteiger partial charge in [0.05, 0.1) is 18.7 Å². The number of carbonyl (C=O) groups excluding carboxylic acids is 1. The van der Waals surface area contributed by atoms with Gasteiger partial charge >= 0.3 is 0 Å². The number of nitrogens with zero attached hydrogens (tertiary/aromatic N) is 1. The van der Waals surface area contributed by atoms with Gasteiger partial charge < -0.3 is 19.3 Å². The number of rotatable bonds is 7. The van der Waals surface area contributed by atoms with Crippen molar-refractivity contribution in [1.82, 2.24) is 5.16 Å². The Hall–Kier alpha value is -3.51. The fourth-order valence-corrected chi connectivity index (χ4v) is 3.17. The van der Waals surface area contributed by atoms with Crippen LogP contribution in [0.3, 0.4) is 0 Å². The van der Waals surface area contributed by atoms with E-state index < -0.39 is 0 Å². The van der Waals surface area contributed by atoms with E-state index in [1.54, 1.807) is 30.3 Å². The van der Waals surface area contributed by atoms with E-state index in [2.05, 4.69) is 10.5 Å². The molecule has 1 amide bonds. The van der Waals surface area contributed by atoms with Crippen LogP contribution in [0, 0.1) is 0 Å². The molecule has 0 unspecified atom stereocenters. The molecule has 0 saturated carbocycles. The monoisotopic (exact) mass is 422 g/mol. The molecule has 7 heteroatoms. The zero-order chi connectivity index (χ0) is 20.9. The second-order valence-electron chi connectivity index (χ2n) is 6.50. The van der Waals surface area contributed by atoms with Gasteiger partial charge in [-0.1, -0.05) is 28.9 Å². The number of hydrogen-bond donors (Lipinski definition) is 1. The van der Waals surface area contributed by atoms with Crippen LogP contribution in [0.2, 0.25) is 5.02 Å². The molecule has 3 aromatic carbocycles. The summed E-state index contributed by atoms with van der Waals surface area (Å²) in [5, 5.41) is 8.15. The van der Waals surface area contributed by atoms with Crippen LogP contribution in [-0.2, 0) is 11.2 Å². The summed E-state index contributed by atoms with van der Waals surface area (Å²) < 4.78 is 16.6. The van der Waals surface area contributed by atoms with Crippen molar-refractivity contribution in [3.63, 3.8) is 0 Å². The highest BCUT2D eigenvalue weighted by Gasteiger charge is 2.15. The summed E-state index contributed by atoms with van der Waals surface area (Å²) >= 11 is 6.13. The minimum atomic E-state index is -0.257. The second-order valence-corrected chi connectivity index (χ2v) is 6.93. The molecule has 152 valence electrons.